The van der Waals surface area contributed by atoms with Crippen molar-refractivity contribution in [1.82, 2.24) is 0 Å². The Labute approximate surface area is 209 Å². The van der Waals surface area contributed by atoms with E-state index in [4.69, 9.17) is 23.7 Å². The highest BCUT2D eigenvalue weighted by atomic mass is 16.6. The summed E-state index contributed by atoms with van der Waals surface area (Å²) in [7, 11) is 0. The Morgan fingerprint density at radius 3 is 2.42 bits per heavy atom. The molecule has 0 aromatic rings. The molecule has 36 heavy (non-hydrogen) atoms. The van der Waals surface area contributed by atoms with Gasteiger partial charge in [-0.25, -0.2) is 14.4 Å². The molecule has 9 nitrogen and oxygen atoms in total. The lowest BCUT2D eigenvalue weighted by atomic mass is 9.51. The largest absolute Gasteiger partial charge is 0.462 e. The van der Waals surface area contributed by atoms with Crippen molar-refractivity contribution in [3.8, 4) is 0 Å². The molecule has 5 rings (SSSR count). The summed E-state index contributed by atoms with van der Waals surface area (Å²) in [5, 5.41) is 10.9. The van der Waals surface area contributed by atoms with Crippen LogP contribution in [0.3, 0.4) is 0 Å². The number of cyclic esters (lactones) is 2. The monoisotopic (exact) mass is 500 g/mol. The minimum atomic E-state index is -0.887. The lowest BCUT2D eigenvalue weighted by molar-refractivity contribution is -0.238. The summed E-state index contributed by atoms with van der Waals surface area (Å²) in [6, 6.07) is 0. The van der Waals surface area contributed by atoms with Gasteiger partial charge in [-0.3, -0.25) is 0 Å². The van der Waals surface area contributed by atoms with Gasteiger partial charge in [0.2, 0.25) is 0 Å². The molecular weight excluding hydrogens is 468 g/mol. The molecule has 3 heterocycles. The molecule has 7 atom stereocenters. The van der Waals surface area contributed by atoms with E-state index in [2.05, 4.69) is 0 Å². The van der Waals surface area contributed by atoms with Crippen molar-refractivity contribution < 1.29 is 43.2 Å². The quantitative estimate of drug-likeness (QED) is 0.231. The molecular formula is C27H32O9. The number of ether oxygens (including phenoxy) is 5. The number of rotatable bonds is 0. The zero-order valence-electron chi connectivity index (χ0n) is 20.7. The lowest BCUT2D eigenvalue weighted by Gasteiger charge is -2.58. The van der Waals surface area contributed by atoms with Crippen molar-refractivity contribution in [1.29, 1.82) is 0 Å². The molecule has 3 aliphatic heterocycles. The molecule has 0 radical (unpaired) electrons. The Hall–Kier alpha value is -2.75. The zero-order valence-corrected chi connectivity index (χ0v) is 20.7. The van der Waals surface area contributed by atoms with Gasteiger partial charge in [0.25, 0.3) is 0 Å². The van der Waals surface area contributed by atoms with Crippen molar-refractivity contribution >= 4 is 17.9 Å². The number of carbonyl (C=O) groups excluding carboxylic acids is 3. The molecule has 0 unspecified atom stereocenters. The Kier molecular flexibility index (Phi) is 6.21. The fourth-order valence-corrected chi connectivity index (χ4v) is 6.46. The Bertz CT molecular complexity index is 1080. The van der Waals surface area contributed by atoms with Crippen LogP contribution in [0.2, 0.25) is 0 Å². The smallest absolute Gasteiger partial charge is 0.331 e. The molecule has 194 valence electrons. The highest BCUT2D eigenvalue weighted by molar-refractivity contribution is 5.85. The molecule has 9 heteroatoms. The van der Waals surface area contributed by atoms with Gasteiger partial charge in [-0.15, -0.1) is 0 Å². The van der Waals surface area contributed by atoms with E-state index in [1.54, 1.807) is 6.92 Å². The summed E-state index contributed by atoms with van der Waals surface area (Å²) in [6.45, 7) is 6.10. The number of allylic oxidation sites excluding steroid dienone is 2. The van der Waals surface area contributed by atoms with Crippen molar-refractivity contribution in [3.05, 3.63) is 47.6 Å². The summed E-state index contributed by atoms with van der Waals surface area (Å²) in [5.74, 6) is -1.67. The summed E-state index contributed by atoms with van der Waals surface area (Å²) in [4.78, 5) is 37.4. The molecule has 2 saturated heterocycles. The molecule has 0 aromatic carbocycles. The van der Waals surface area contributed by atoms with Crippen molar-refractivity contribution in [2.45, 2.75) is 70.1 Å². The number of esters is 3. The Balaban J connectivity index is 1.55. The number of aliphatic hydroxyl groups is 1. The van der Waals surface area contributed by atoms with Crippen LogP contribution in [0.5, 0.6) is 0 Å². The van der Waals surface area contributed by atoms with E-state index in [0.29, 0.717) is 25.0 Å². The number of aliphatic hydroxyl groups excluding tert-OH is 1. The first-order valence-electron chi connectivity index (χ1n) is 12.3. The third kappa shape index (κ3) is 3.84. The molecule has 1 saturated carbocycles. The van der Waals surface area contributed by atoms with Gasteiger partial charge in [0.15, 0.2) is 0 Å². The maximum absolute atomic E-state index is 12.8. The van der Waals surface area contributed by atoms with Gasteiger partial charge in [-0.1, -0.05) is 30.7 Å². The number of hydrogen-bond donors (Lipinski definition) is 1. The number of carbonyl (C=O) groups is 3. The molecule has 3 fully saturated rings. The topological polar surface area (TPSA) is 121 Å². The van der Waals surface area contributed by atoms with E-state index in [1.165, 1.54) is 30.4 Å². The normalized spacial score (nSPS) is 46.1. The van der Waals surface area contributed by atoms with E-state index in [9.17, 15) is 19.5 Å². The van der Waals surface area contributed by atoms with E-state index in [0.717, 1.165) is 5.57 Å². The highest BCUT2D eigenvalue weighted by Gasteiger charge is 2.83. The van der Waals surface area contributed by atoms with Gasteiger partial charge in [-0.2, -0.15) is 0 Å². The second-order valence-corrected chi connectivity index (χ2v) is 10.6. The van der Waals surface area contributed by atoms with Gasteiger partial charge in [0.1, 0.15) is 18.3 Å². The first-order valence-corrected chi connectivity index (χ1v) is 12.3. The third-order valence-corrected chi connectivity index (χ3v) is 8.73. The van der Waals surface area contributed by atoms with Crippen molar-refractivity contribution in [3.63, 3.8) is 0 Å². The molecule has 0 amide bonds. The lowest BCUT2D eigenvalue weighted by Crippen LogP contribution is -2.68. The predicted octanol–water partition coefficient (Wildman–Crippen LogP) is 2.09. The molecule has 2 aliphatic carbocycles. The van der Waals surface area contributed by atoms with Gasteiger partial charge in [0.05, 0.1) is 36.9 Å². The molecule has 1 N–H and O–H groups in total. The van der Waals surface area contributed by atoms with E-state index in [1.807, 2.05) is 19.9 Å². The van der Waals surface area contributed by atoms with Crippen molar-refractivity contribution in [2.24, 2.45) is 10.8 Å². The minimum absolute atomic E-state index is 0.0446. The molecule has 2 spiro atoms. The predicted molar refractivity (Wildman–Crippen MR) is 125 cm³/mol. The number of epoxide rings is 1. The maximum Gasteiger partial charge on any atom is 0.331 e. The summed E-state index contributed by atoms with van der Waals surface area (Å²) in [5.41, 5.74) is -0.880. The van der Waals surface area contributed by atoms with Crippen LogP contribution in [0.1, 0.15) is 40.0 Å². The second kappa shape index (κ2) is 8.97. The van der Waals surface area contributed by atoms with Crippen LogP contribution in [0, 0.1) is 10.8 Å². The summed E-state index contributed by atoms with van der Waals surface area (Å²) in [6.07, 6.45) is 7.53. The fraction of sp³-hybridized carbons (Fsp3) is 0.593. The fourth-order valence-electron chi connectivity index (χ4n) is 6.46. The standard InChI is InChI=1S/C27H32O9/c1-16-8-9-32-22(29)6-4-5-7-23(30)36-19-12-21-27(15-34-27)25(19,3)26(14-33-24(31)10-16)13-18(28)17(2)11-20(26)35-21/h4-7,10-11,18-21,28H,8-9,12-15H2,1-3H3/b6-4+,7-5+,16-10+/t18-,19+,20+,21+,25+,26+,27-/m0/s1. The van der Waals surface area contributed by atoms with Crippen LogP contribution < -0.4 is 0 Å². The van der Waals surface area contributed by atoms with Crippen LogP contribution in [0.25, 0.3) is 0 Å². The second-order valence-electron chi connectivity index (χ2n) is 10.6. The third-order valence-electron chi connectivity index (χ3n) is 8.73. The molecule has 5 aliphatic rings. The Morgan fingerprint density at radius 1 is 0.972 bits per heavy atom. The van der Waals surface area contributed by atoms with E-state index >= 15 is 0 Å². The van der Waals surface area contributed by atoms with Crippen LogP contribution in [0.4, 0.5) is 0 Å². The Morgan fingerprint density at radius 2 is 1.69 bits per heavy atom. The first kappa shape index (κ1) is 24.9. The SMILES string of the molecule is CC1=C[C@H]2O[C@@H]3C[C@H]4OC(=O)/C=C/C=C/C(=O)OCC/C(C)=C/C(=O)OC[C@@]2(C[C@@H]1O)[C@]4(C)[C@]31CO1. The highest BCUT2D eigenvalue weighted by Crippen LogP contribution is 2.72. The minimum Gasteiger partial charge on any atom is -0.462 e. The zero-order chi connectivity index (χ0) is 25.7. The number of hydrogen-bond acceptors (Lipinski definition) is 9. The van der Waals surface area contributed by atoms with Crippen LogP contribution in [0.15, 0.2) is 47.6 Å². The maximum atomic E-state index is 12.8. The summed E-state index contributed by atoms with van der Waals surface area (Å²) < 4.78 is 29.5. The van der Waals surface area contributed by atoms with Crippen LogP contribution >= 0.6 is 0 Å². The van der Waals surface area contributed by atoms with Gasteiger partial charge in [0, 0.05) is 36.5 Å². The average Bonchev–Trinajstić information content (AvgIpc) is 3.59. The van der Waals surface area contributed by atoms with Crippen LogP contribution in [-0.4, -0.2) is 72.9 Å². The first-order chi connectivity index (χ1) is 17.1. The average molecular weight is 501 g/mol. The molecule has 0 aromatic heterocycles. The van der Waals surface area contributed by atoms with Crippen LogP contribution in [-0.2, 0) is 38.1 Å². The summed E-state index contributed by atoms with van der Waals surface area (Å²) >= 11 is 0. The van der Waals surface area contributed by atoms with E-state index in [-0.39, 0.29) is 25.7 Å². The molecule has 2 bridgehead atoms. The van der Waals surface area contributed by atoms with Gasteiger partial charge < -0.3 is 28.8 Å². The van der Waals surface area contributed by atoms with Crippen molar-refractivity contribution in [2.75, 3.05) is 19.8 Å². The van der Waals surface area contributed by atoms with Gasteiger partial charge in [-0.05, 0) is 25.8 Å². The van der Waals surface area contributed by atoms with Gasteiger partial charge >= 0.3 is 17.9 Å². The van der Waals surface area contributed by atoms with E-state index < -0.39 is 52.7 Å².